The highest BCUT2D eigenvalue weighted by atomic mass is 16.4. The second-order valence-corrected chi connectivity index (χ2v) is 4.94. The van der Waals surface area contributed by atoms with Gasteiger partial charge in [-0.3, -0.25) is 14.5 Å². The minimum Gasteiger partial charge on any atom is -0.478 e. The number of hydrogen-bond acceptors (Lipinski definition) is 3. The zero-order valence-corrected chi connectivity index (χ0v) is 10.8. The molecule has 100 valence electrons. The lowest BCUT2D eigenvalue weighted by Gasteiger charge is -2.28. The first-order chi connectivity index (χ1) is 8.90. The van der Waals surface area contributed by atoms with Crippen molar-refractivity contribution >= 4 is 23.5 Å². The lowest BCUT2D eigenvalue weighted by molar-refractivity contribution is -0.130. The van der Waals surface area contributed by atoms with E-state index in [2.05, 4.69) is 0 Å². The van der Waals surface area contributed by atoms with Crippen LogP contribution in [0.5, 0.6) is 0 Å². The van der Waals surface area contributed by atoms with E-state index >= 15 is 0 Å². The Kier molecular flexibility index (Phi) is 3.38. The van der Waals surface area contributed by atoms with Crippen molar-refractivity contribution in [3.63, 3.8) is 0 Å². The van der Waals surface area contributed by atoms with E-state index in [-0.39, 0.29) is 23.3 Å². The molecule has 1 N–H and O–H groups in total. The van der Waals surface area contributed by atoms with Gasteiger partial charge in [0.1, 0.15) is 0 Å². The molecular formula is C14H15NO4. The second kappa shape index (κ2) is 4.84. The van der Waals surface area contributed by atoms with Gasteiger partial charge in [-0.05, 0) is 30.5 Å². The Balaban J connectivity index is 2.41. The SMILES string of the molecule is Cc1ccc(N2C(=O)CC(C)CC2=O)cc1C(=O)O. The predicted molar refractivity (Wildman–Crippen MR) is 69.0 cm³/mol. The summed E-state index contributed by atoms with van der Waals surface area (Å²) in [5, 5.41) is 9.07. The van der Waals surface area contributed by atoms with Gasteiger partial charge >= 0.3 is 5.97 Å². The topological polar surface area (TPSA) is 74.7 Å². The molecule has 1 aliphatic heterocycles. The summed E-state index contributed by atoms with van der Waals surface area (Å²) >= 11 is 0. The van der Waals surface area contributed by atoms with Crippen molar-refractivity contribution in [2.24, 2.45) is 5.92 Å². The summed E-state index contributed by atoms with van der Waals surface area (Å²) in [5.74, 6) is -1.57. The summed E-state index contributed by atoms with van der Waals surface area (Å²) in [6.07, 6.45) is 0.615. The van der Waals surface area contributed by atoms with Crippen molar-refractivity contribution < 1.29 is 19.5 Å². The highest BCUT2D eigenvalue weighted by molar-refractivity contribution is 6.16. The van der Waals surface area contributed by atoms with Gasteiger partial charge in [0.25, 0.3) is 0 Å². The molecule has 0 unspecified atom stereocenters. The fraction of sp³-hybridized carbons (Fsp3) is 0.357. The van der Waals surface area contributed by atoms with Crippen LogP contribution in [0.3, 0.4) is 0 Å². The molecule has 0 atom stereocenters. The van der Waals surface area contributed by atoms with Crippen LogP contribution in [0.4, 0.5) is 5.69 Å². The van der Waals surface area contributed by atoms with Gasteiger partial charge in [-0.2, -0.15) is 0 Å². The number of hydrogen-bond donors (Lipinski definition) is 1. The number of nitrogens with zero attached hydrogens (tertiary/aromatic N) is 1. The summed E-state index contributed by atoms with van der Waals surface area (Å²) < 4.78 is 0. The molecule has 2 amide bonds. The van der Waals surface area contributed by atoms with Crippen LogP contribution in [0.2, 0.25) is 0 Å². The molecule has 1 aliphatic rings. The summed E-state index contributed by atoms with van der Waals surface area (Å²) in [6.45, 7) is 3.53. The number of carboxylic acid groups (broad SMARTS) is 1. The summed E-state index contributed by atoms with van der Waals surface area (Å²) in [6, 6.07) is 4.59. The maximum absolute atomic E-state index is 11.9. The number of anilines is 1. The molecule has 2 rings (SSSR count). The van der Waals surface area contributed by atoms with Gasteiger partial charge in [0.2, 0.25) is 11.8 Å². The van der Waals surface area contributed by atoms with Crippen LogP contribution in [0.1, 0.15) is 35.7 Å². The van der Waals surface area contributed by atoms with Gasteiger partial charge in [0.05, 0.1) is 11.3 Å². The molecule has 0 radical (unpaired) electrons. The third-order valence-electron chi connectivity index (χ3n) is 3.25. The van der Waals surface area contributed by atoms with Crippen LogP contribution in [-0.2, 0) is 9.59 Å². The highest BCUT2D eigenvalue weighted by Crippen LogP contribution is 2.26. The van der Waals surface area contributed by atoms with Crippen LogP contribution in [0, 0.1) is 12.8 Å². The molecule has 5 nitrogen and oxygen atoms in total. The first-order valence-electron chi connectivity index (χ1n) is 6.10. The number of piperidine rings is 1. The number of aryl methyl sites for hydroxylation is 1. The minimum atomic E-state index is -1.07. The zero-order chi connectivity index (χ0) is 14.2. The average molecular weight is 261 g/mol. The Labute approximate surface area is 110 Å². The van der Waals surface area contributed by atoms with Gasteiger partial charge in [0, 0.05) is 12.8 Å². The van der Waals surface area contributed by atoms with Crippen molar-refractivity contribution in [2.45, 2.75) is 26.7 Å². The van der Waals surface area contributed by atoms with Gasteiger partial charge < -0.3 is 5.11 Å². The standard InChI is InChI=1S/C14H15NO4/c1-8-5-12(16)15(13(17)6-8)10-4-3-9(2)11(7-10)14(18)19/h3-4,7-8H,5-6H2,1-2H3,(H,18,19). The molecule has 0 spiro atoms. The van der Waals surface area contributed by atoms with Crippen molar-refractivity contribution in [1.29, 1.82) is 0 Å². The number of carbonyl (C=O) groups is 3. The van der Waals surface area contributed by atoms with Gasteiger partial charge in [-0.15, -0.1) is 0 Å². The fourth-order valence-electron chi connectivity index (χ4n) is 2.26. The Morgan fingerprint density at radius 3 is 2.37 bits per heavy atom. The van der Waals surface area contributed by atoms with E-state index in [0.29, 0.717) is 24.1 Å². The lowest BCUT2D eigenvalue weighted by atomic mass is 9.96. The number of carboxylic acids is 1. The minimum absolute atomic E-state index is 0.0423. The third kappa shape index (κ3) is 2.50. The van der Waals surface area contributed by atoms with E-state index in [0.717, 1.165) is 4.90 Å². The monoisotopic (exact) mass is 261 g/mol. The van der Waals surface area contributed by atoms with E-state index in [1.807, 2.05) is 6.92 Å². The number of carbonyl (C=O) groups excluding carboxylic acids is 2. The summed E-state index contributed by atoms with van der Waals surface area (Å²) in [4.78, 5) is 36.1. The number of imide groups is 1. The molecule has 19 heavy (non-hydrogen) atoms. The molecule has 1 aromatic rings. The first-order valence-corrected chi connectivity index (χ1v) is 6.10. The Morgan fingerprint density at radius 1 is 1.26 bits per heavy atom. The van der Waals surface area contributed by atoms with E-state index in [1.165, 1.54) is 6.07 Å². The molecule has 0 aliphatic carbocycles. The van der Waals surface area contributed by atoms with E-state index in [4.69, 9.17) is 5.11 Å². The summed E-state index contributed by atoms with van der Waals surface area (Å²) in [7, 11) is 0. The van der Waals surface area contributed by atoms with E-state index in [9.17, 15) is 14.4 Å². The molecular weight excluding hydrogens is 246 g/mol. The molecule has 5 heteroatoms. The maximum Gasteiger partial charge on any atom is 0.336 e. The van der Waals surface area contributed by atoms with Gasteiger partial charge in [-0.1, -0.05) is 13.0 Å². The van der Waals surface area contributed by atoms with Crippen LogP contribution in [0.15, 0.2) is 18.2 Å². The fourth-order valence-corrected chi connectivity index (χ4v) is 2.26. The van der Waals surface area contributed by atoms with E-state index in [1.54, 1.807) is 19.1 Å². The molecule has 1 saturated heterocycles. The average Bonchev–Trinajstić information content (AvgIpc) is 2.29. The van der Waals surface area contributed by atoms with Crippen molar-refractivity contribution in [2.75, 3.05) is 4.90 Å². The van der Waals surface area contributed by atoms with Crippen LogP contribution in [-0.4, -0.2) is 22.9 Å². The first kappa shape index (κ1) is 13.3. The van der Waals surface area contributed by atoms with Gasteiger partial charge in [-0.25, -0.2) is 4.79 Å². The quantitative estimate of drug-likeness (QED) is 0.826. The number of rotatable bonds is 2. The molecule has 0 bridgehead atoms. The Hall–Kier alpha value is -2.17. The Morgan fingerprint density at radius 2 is 1.84 bits per heavy atom. The van der Waals surface area contributed by atoms with Crippen LogP contribution < -0.4 is 4.90 Å². The van der Waals surface area contributed by atoms with Crippen LogP contribution in [0.25, 0.3) is 0 Å². The van der Waals surface area contributed by atoms with Crippen molar-refractivity contribution in [3.8, 4) is 0 Å². The Bertz CT molecular complexity index is 547. The van der Waals surface area contributed by atoms with Crippen molar-refractivity contribution in [3.05, 3.63) is 29.3 Å². The van der Waals surface area contributed by atoms with E-state index < -0.39 is 5.97 Å². The smallest absolute Gasteiger partial charge is 0.336 e. The normalized spacial score (nSPS) is 16.8. The zero-order valence-electron chi connectivity index (χ0n) is 10.8. The molecule has 0 saturated carbocycles. The maximum atomic E-state index is 11.9. The highest BCUT2D eigenvalue weighted by Gasteiger charge is 2.31. The predicted octanol–water partition coefficient (Wildman–Crippen LogP) is 1.98. The van der Waals surface area contributed by atoms with Crippen LogP contribution >= 0.6 is 0 Å². The molecule has 0 aromatic heterocycles. The number of aromatic carboxylic acids is 1. The summed E-state index contributed by atoms with van der Waals surface area (Å²) in [5.41, 5.74) is 1.04. The number of amides is 2. The third-order valence-corrected chi connectivity index (χ3v) is 3.25. The largest absolute Gasteiger partial charge is 0.478 e. The molecule has 1 fully saturated rings. The lowest BCUT2D eigenvalue weighted by Crippen LogP contribution is -2.42. The molecule has 1 aromatic carbocycles. The van der Waals surface area contributed by atoms with Gasteiger partial charge in [0.15, 0.2) is 0 Å². The molecule has 1 heterocycles. The van der Waals surface area contributed by atoms with Crippen molar-refractivity contribution in [1.82, 2.24) is 0 Å². The second-order valence-electron chi connectivity index (χ2n) is 4.94. The number of benzene rings is 1.